The molecule has 0 radical (unpaired) electrons. The molecule has 0 fully saturated rings. The van der Waals surface area contributed by atoms with Crippen molar-refractivity contribution < 1.29 is 4.74 Å². The van der Waals surface area contributed by atoms with E-state index in [0.29, 0.717) is 10.8 Å². The third-order valence-corrected chi connectivity index (χ3v) is 6.56. The molecule has 3 aromatic carbocycles. The average Bonchev–Trinajstić information content (AvgIpc) is 2.90. The van der Waals surface area contributed by atoms with Crippen molar-refractivity contribution in [3.05, 3.63) is 89.2 Å². The van der Waals surface area contributed by atoms with Crippen LogP contribution in [0.5, 0.6) is 11.5 Å². The van der Waals surface area contributed by atoms with Crippen LogP contribution in [0.1, 0.15) is 45.0 Å². The first-order chi connectivity index (χ1) is 18.0. The fourth-order valence-corrected chi connectivity index (χ4v) is 4.42. The summed E-state index contributed by atoms with van der Waals surface area (Å²) in [6, 6.07) is 23.8. The number of ether oxygens (including phenoxy) is 1. The van der Waals surface area contributed by atoms with Gasteiger partial charge < -0.3 is 15.0 Å². The van der Waals surface area contributed by atoms with Gasteiger partial charge in [0.2, 0.25) is 0 Å². The Kier molecular flexibility index (Phi) is 9.52. The second-order valence-electron chi connectivity index (χ2n) is 9.13. The van der Waals surface area contributed by atoms with Crippen molar-refractivity contribution in [2.24, 2.45) is 0 Å². The van der Waals surface area contributed by atoms with Gasteiger partial charge in [-0.3, -0.25) is 0 Å². The van der Waals surface area contributed by atoms with Crippen molar-refractivity contribution in [3.8, 4) is 11.5 Å². The number of benzene rings is 3. The van der Waals surface area contributed by atoms with Crippen LogP contribution >= 0.6 is 11.6 Å². The van der Waals surface area contributed by atoms with Crippen LogP contribution in [0.4, 0.5) is 5.82 Å². The number of nitrogens with zero attached hydrogens (tertiary/aromatic N) is 3. The van der Waals surface area contributed by atoms with E-state index in [1.54, 1.807) is 0 Å². The molecule has 0 saturated carbocycles. The van der Waals surface area contributed by atoms with Crippen molar-refractivity contribution in [2.75, 3.05) is 25.0 Å². The van der Waals surface area contributed by atoms with Gasteiger partial charge in [0.25, 0.3) is 0 Å². The lowest BCUT2D eigenvalue weighted by Gasteiger charge is -2.20. The van der Waals surface area contributed by atoms with Crippen LogP contribution in [-0.2, 0) is 0 Å². The molecular weight excluding hydrogens is 480 g/mol. The molecule has 1 unspecified atom stereocenters. The zero-order valence-corrected chi connectivity index (χ0v) is 22.6. The molecule has 0 aliphatic rings. The van der Waals surface area contributed by atoms with Crippen molar-refractivity contribution in [2.45, 2.75) is 39.7 Å². The van der Waals surface area contributed by atoms with Gasteiger partial charge in [-0.05, 0) is 93.5 Å². The van der Waals surface area contributed by atoms with Gasteiger partial charge in [0.1, 0.15) is 17.3 Å². The molecule has 0 aliphatic heterocycles. The van der Waals surface area contributed by atoms with E-state index in [1.807, 2.05) is 84.9 Å². The Morgan fingerprint density at radius 2 is 1.70 bits per heavy atom. The van der Waals surface area contributed by atoms with Gasteiger partial charge in [0, 0.05) is 16.5 Å². The molecule has 4 aromatic rings. The molecule has 1 aromatic heterocycles. The fraction of sp³-hybridized carbons (Fsp3) is 0.290. The van der Waals surface area contributed by atoms with E-state index in [4.69, 9.17) is 26.3 Å². The fourth-order valence-electron chi connectivity index (χ4n) is 4.25. The Labute approximate surface area is 225 Å². The summed E-state index contributed by atoms with van der Waals surface area (Å²) in [5, 5.41) is 5.25. The highest BCUT2D eigenvalue weighted by atomic mass is 35.5. The normalized spacial score (nSPS) is 12.4. The summed E-state index contributed by atoms with van der Waals surface area (Å²) in [7, 11) is 0. The first kappa shape index (κ1) is 26.6. The number of halogens is 1. The second kappa shape index (κ2) is 13.2. The van der Waals surface area contributed by atoms with E-state index in [9.17, 15) is 0 Å². The molecule has 0 spiro atoms. The van der Waals surface area contributed by atoms with E-state index >= 15 is 0 Å². The summed E-state index contributed by atoms with van der Waals surface area (Å²) < 4.78 is 5.97. The topological polar surface area (TPSA) is 50.3 Å². The first-order valence-corrected chi connectivity index (χ1v) is 13.4. The zero-order chi connectivity index (χ0) is 26.0. The quantitative estimate of drug-likeness (QED) is 0.206. The lowest BCUT2D eigenvalue weighted by Crippen LogP contribution is -2.25. The maximum Gasteiger partial charge on any atom is 0.154 e. The second-order valence-corrected chi connectivity index (χ2v) is 9.56. The van der Waals surface area contributed by atoms with Crippen LogP contribution in [0, 0.1) is 0 Å². The van der Waals surface area contributed by atoms with E-state index < -0.39 is 0 Å². The van der Waals surface area contributed by atoms with Crippen LogP contribution in [0.2, 0.25) is 5.02 Å². The Balaban J connectivity index is 1.52. The van der Waals surface area contributed by atoms with Gasteiger partial charge in [-0.15, -0.1) is 0 Å². The Morgan fingerprint density at radius 1 is 0.919 bits per heavy atom. The minimum atomic E-state index is 0.285. The summed E-state index contributed by atoms with van der Waals surface area (Å²) in [4.78, 5) is 12.1. The number of nitrogens with one attached hydrogen (secondary N) is 1. The number of fused-ring (bicyclic) bond motifs is 1. The Morgan fingerprint density at radius 3 is 2.49 bits per heavy atom. The van der Waals surface area contributed by atoms with Gasteiger partial charge in [-0.2, -0.15) is 0 Å². The van der Waals surface area contributed by atoms with Gasteiger partial charge >= 0.3 is 0 Å². The summed E-state index contributed by atoms with van der Waals surface area (Å²) in [6.07, 6.45) is 6.13. The average molecular weight is 515 g/mol. The highest BCUT2D eigenvalue weighted by molar-refractivity contribution is 6.31. The van der Waals surface area contributed by atoms with Crippen molar-refractivity contribution in [1.82, 2.24) is 14.9 Å². The van der Waals surface area contributed by atoms with Crippen molar-refractivity contribution in [3.63, 3.8) is 0 Å². The largest absolute Gasteiger partial charge is 0.457 e. The third-order valence-electron chi connectivity index (χ3n) is 6.33. The monoisotopic (exact) mass is 514 g/mol. The van der Waals surface area contributed by atoms with E-state index in [2.05, 4.69) is 31.0 Å². The summed E-state index contributed by atoms with van der Waals surface area (Å²) in [5.74, 6) is 3.04. The van der Waals surface area contributed by atoms with E-state index in [1.165, 1.54) is 0 Å². The molecule has 0 aliphatic carbocycles. The predicted octanol–water partition coefficient (Wildman–Crippen LogP) is 8.17. The zero-order valence-electron chi connectivity index (χ0n) is 21.8. The molecule has 1 heterocycles. The predicted molar refractivity (Wildman–Crippen MR) is 157 cm³/mol. The van der Waals surface area contributed by atoms with Crippen LogP contribution in [0.15, 0.2) is 72.8 Å². The molecule has 6 heteroatoms. The maximum absolute atomic E-state index is 6.29. The van der Waals surface area contributed by atoms with Crippen LogP contribution in [0.3, 0.4) is 0 Å². The standard InChI is InChI=1S/C31H35ClN4O/c1-4-36(5-2)20-10-11-23(3)33-31-28-18-17-25(32)22-29(28)34-30(35-31)19-16-24-12-9-15-27(21-24)37-26-13-7-6-8-14-26/h6-9,12-19,21-23H,4-5,10-11,20H2,1-3H3,(H,33,34,35). The minimum Gasteiger partial charge on any atom is -0.457 e. The smallest absolute Gasteiger partial charge is 0.154 e. The Hall–Kier alpha value is -3.41. The number of aromatic nitrogens is 2. The molecule has 1 atom stereocenters. The molecule has 1 N–H and O–H groups in total. The SMILES string of the molecule is CCN(CC)CCCC(C)Nc1nc(C=Cc2cccc(Oc3ccccc3)c2)nc2cc(Cl)ccc12. The number of anilines is 1. The van der Waals surface area contributed by atoms with Crippen LogP contribution in [-0.4, -0.2) is 40.5 Å². The lowest BCUT2D eigenvalue weighted by molar-refractivity contribution is 0.295. The van der Waals surface area contributed by atoms with Gasteiger partial charge in [-0.25, -0.2) is 9.97 Å². The summed E-state index contributed by atoms with van der Waals surface area (Å²) in [5.41, 5.74) is 1.82. The van der Waals surface area contributed by atoms with Gasteiger partial charge in [-0.1, -0.05) is 61.9 Å². The highest BCUT2D eigenvalue weighted by Gasteiger charge is 2.11. The molecule has 5 nitrogen and oxygen atoms in total. The minimum absolute atomic E-state index is 0.285. The number of hydrogen-bond donors (Lipinski definition) is 1. The summed E-state index contributed by atoms with van der Waals surface area (Å²) in [6.45, 7) is 9.93. The number of para-hydroxylation sites is 1. The van der Waals surface area contributed by atoms with Crippen molar-refractivity contribution >= 4 is 40.5 Å². The summed E-state index contributed by atoms with van der Waals surface area (Å²) >= 11 is 6.29. The lowest BCUT2D eigenvalue weighted by atomic mass is 10.1. The van der Waals surface area contributed by atoms with E-state index in [0.717, 1.165) is 66.3 Å². The number of hydrogen-bond acceptors (Lipinski definition) is 5. The van der Waals surface area contributed by atoms with Gasteiger partial charge in [0.05, 0.1) is 5.52 Å². The first-order valence-electron chi connectivity index (χ1n) is 13.0. The maximum atomic E-state index is 6.29. The molecule has 0 bridgehead atoms. The highest BCUT2D eigenvalue weighted by Crippen LogP contribution is 2.26. The molecular formula is C31H35ClN4O. The number of rotatable bonds is 12. The molecule has 0 amide bonds. The van der Waals surface area contributed by atoms with Crippen molar-refractivity contribution in [1.29, 1.82) is 0 Å². The molecule has 37 heavy (non-hydrogen) atoms. The Bertz CT molecular complexity index is 1320. The van der Waals surface area contributed by atoms with E-state index in [-0.39, 0.29) is 6.04 Å². The molecule has 0 saturated heterocycles. The van der Waals surface area contributed by atoms with Gasteiger partial charge in [0.15, 0.2) is 5.82 Å². The van der Waals surface area contributed by atoms with Crippen LogP contribution in [0.25, 0.3) is 23.1 Å². The molecule has 192 valence electrons. The van der Waals surface area contributed by atoms with Crippen LogP contribution < -0.4 is 10.1 Å². The molecule has 4 rings (SSSR count). The third kappa shape index (κ3) is 7.78.